The van der Waals surface area contributed by atoms with Gasteiger partial charge in [0.2, 0.25) is 0 Å². The molecule has 7 heteroatoms. The van der Waals surface area contributed by atoms with Gasteiger partial charge < -0.3 is 20.1 Å². The third-order valence-electron chi connectivity index (χ3n) is 4.37. The maximum Gasteiger partial charge on any atom is 0.387 e. The third kappa shape index (κ3) is 5.94. The van der Waals surface area contributed by atoms with Crippen LogP contribution in [0.1, 0.15) is 15.9 Å². The van der Waals surface area contributed by atoms with Gasteiger partial charge in [-0.2, -0.15) is 8.78 Å². The summed E-state index contributed by atoms with van der Waals surface area (Å²) in [5.41, 5.74) is 2.95. The van der Waals surface area contributed by atoms with Crippen molar-refractivity contribution in [2.75, 3.05) is 24.3 Å². The first-order valence-corrected chi connectivity index (χ1v) is 9.37. The summed E-state index contributed by atoms with van der Waals surface area (Å²) in [6.45, 7) is -2.23. The molecule has 3 aromatic rings. The minimum Gasteiger partial charge on any atom is -0.493 e. The van der Waals surface area contributed by atoms with E-state index in [1.807, 2.05) is 30.3 Å². The van der Waals surface area contributed by atoms with Crippen LogP contribution in [0.3, 0.4) is 0 Å². The van der Waals surface area contributed by atoms with Gasteiger partial charge in [0.1, 0.15) is 0 Å². The van der Waals surface area contributed by atoms with Crippen molar-refractivity contribution < 1.29 is 23.0 Å². The van der Waals surface area contributed by atoms with E-state index in [0.717, 1.165) is 18.7 Å². The highest BCUT2D eigenvalue weighted by Gasteiger charge is 2.14. The Morgan fingerprint density at radius 2 is 1.63 bits per heavy atom. The van der Waals surface area contributed by atoms with Crippen LogP contribution in [0.2, 0.25) is 0 Å². The van der Waals surface area contributed by atoms with Crippen molar-refractivity contribution in [1.29, 1.82) is 0 Å². The van der Waals surface area contributed by atoms with Gasteiger partial charge in [-0.3, -0.25) is 4.79 Å². The second-order valence-electron chi connectivity index (χ2n) is 6.44. The first-order chi connectivity index (χ1) is 14.5. The molecular weight excluding hydrogens is 390 g/mol. The number of methoxy groups -OCH3 is 1. The van der Waals surface area contributed by atoms with Gasteiger partial charge in [0.05, 0.1) is 7.11 Å². The fraction of sp³-hybridized carbons (Fsp3) is 0.174. The van der Waals surface area contributed by atoms with Crippen LogP contribution in [0.15, 0.2) is 72.8 Å². The number of hydrogen-bond acceptors (Lipinski definition) is 4. The topological polar surface area (TPSA) is 59.6 Å². The molecule has 0 aliphatic heterocycles. The van der Waals surface area contributed by atoms with Gasteiger partial charge in [-0.1, -0.05) is 30.3 Å². The average Bonchev–Trinajstić information content (AvgIpc) is 2.75. The van der Waals surface area contributed by atoms with Gasteiger partial charge in [-0.15, -0.1) is 0 Å². The molecule has 0 unspecified atom stereocenters. The number of carbonyl (C=O) groups excluding carboxylic acids is 1. The molecule has 0 saturated carbocycles. The Hall–Kier alpha value is -3.61. The molecule has 0 radical (unpaired) electrons. The summed E-state index contributed by atoms with van der Waals surface area (Å²) in [5.74, 6) is -0.516. The maximum absolute atomic E-state index is 12.6. The summed E-state index contributed by atoms with van der Waals surface area (Å²) >= 11 is 0. The molecule has 0 aliphatic rings. The molecule has 0 heterocycles. The fourth-order valence-corrected chi connectivity index (χ4v) is 2.88. The first kappa shape index (κ1) is 21.1. The zero-order valence-corrected chi connectivity index (χ0v) is 16.4. The van der Waals surface area contributed by atoms with Gasteiger partial charge >= 0.3 is 6.61 Å². The average molecular weight is 412 g/mol. The van der Waals surface area contributed by atoms with E-state index < -0.39 is 12.5 Å². The monoisotopic (exact) mass is 412 g/mol. The van der Waals surface area contributed by atoms with Gasteiger partial charge in [0.25, 0.3) is 5.91 Å². The smallest absolute Gasteiger partial charge is 0.387 e. The van der Waals surface area contributed by atoms with Crippen molar-refractivity contribution in [3.05, 3.63) is 83.9 Å². The lowest BCUT2D eigenvalue weighted by molar-refractivity contribution is -0.0512. The number of benzene rings is 3. The van der Waals surface area contributed by atoms with Crippen LogP contribution in [0.25, 0.3) is 0 Å². The quantitative estimate of drug-likeness (QED) is 0.507. The van der Waals surface area contributed by atoms with E-state index >= 15 is 0 Å². The minimum atomic E-state index is -3.01. The van der Waals surface area contributed by atoms with Gasteiger partial charge in [-0.25, -0.2) is 0 Å². The molecule has 2 N–H and O–H groups in total. The van der Waals surface area contributed by atoms with E-state index in [-0.39, 0.29) is 17.1 Å². The highest BCUT2D eigenvalue weighted by Crippen LogP contribution is 2.29. The second-order valence-corrected chi connectivity index (χ2v) is 6.44. The van der Waals surface area contributed by atoms with Crippen LogP contribution in [0.4, 0.5) is 20.2 Å². The SMILES string of the molecule is COc1ccc(C(=O)Nc2ccc(NCCc3ccccc3)cc2)cc1OC(F)F. The third-order valence-corrected chi connectivity index (χ3v) is 4.37. The lowest BCUT2D eigenvalue weighted by Gasteiger charge is -2.12. The molecule has 5 nitrogen and oxygen atoms in total. The molecule has 0 fully saturated rings. The lowest BCUT2D eigenvalue weighted by Crippen LogP contribution is -2.13. The van der Waals surface area contributed by atoms with Gasteiger partial charge in [0.15, 0.2) is 11.5 Å². The lowest BCUT2D eigenvalue weighted by atomic mass is 10.1. The van der Waals surface area contributed by atoms with Crippen molar-refractivity contribution in [2.45, 2.75) is 13.0 Å². The van der Waals surface area contributed by atoms with Crippen LogP contribution >= 0.6 is 0 Å². The Morgan fingerprint density at radius 3 is 2.30 bits per heavy atom. The number of ether oxygens (including phenoxy) is 2. The number of halogens is 2. The highest BCUT2D eigenvalue weighted by molar-refractivity contribution is 6.04. The molecule has 3 aromatic carbocycles. The van der Waals surface area contributed by atoms with Crippen LogP contribution in [0.5, 0.6) is 11.5 Å². The Labute approximate surface area is 173 Å². The number of nitrogens with one attached hydrogen (secondary N) is 2. The number of anilines is 2. The summed E-state index contributed by atoms with van der Waals surface area (Å²) in [4.78, 5) is 12.5. The van der Waals surface area contributed by atoms with E-state index in [4.69, 9.17) is 4.74 Å². The second kappa shape index (κ2) is 10.2. The van der Waals surface area contributed by atoms with E-state index in [1.54, 1.807) is 12.1 Å². The molecule has 0 bridgehead atoms. The highest BCUT2D eigenvalue weighted by atomic mass is 19.3. The number of rotatable bonds is 9. The molecule has 3 rings (SSSR count). The van der Waals surface area contributed by atoms with Crippen molar-refractivity contribution in [2.24, 2.45) is 0 Å². The van der Waals surface area contributed by atoms with Crippen molar-refractivity contribution in [3.8, 4) is 11.5 Å². The minimum absolute atomic E-state index is 0.123. The van der Waals surface area contributed by atoms with Crippen LogP contribution in [0, 0.1) is 0 Å². The predicted molar refractivity (Wildman–Crippen MR) is 113 cm³/mol. The predicted octanol–water partition coefficient (Wildman–Crippen LogP) is 5.20. The number of amides is 1. The van der Waals surface area contributed by atoms with Crippen LogP contribution < -0.4 is 20.1 Å². The van der Waals surface area contributed by atoms with Crippen molar-refractivity contribution >= 4 is 17.3 Å². The Morgan fingerprint density at radius 1 is 0.933 bits per heavy atom. The molecule has 0 aromatic heterocycles. The maximum atomic E-state index is 12.6. The summed E-state index contributed by atoms with van der Waals surface area (Å²) in [5, 5.41) is 6.06. The van der Waals surface area contributed by atoms with E-state index in [2.05, 4.69) is 27.5 Å². The Balaban J connectivity index is 1.57. The largest absolute Gasteiger partial charge is 0.493 e. The van der Waals surface area contributed by atoms with Gasteiger partial charge in [0, 0.05) is 23.5 Å². The zero-order chi connectivity index (χ0) is 21.3. The molecule has 156 valence electrons. The standard InChI is InChI=1S/C23H22F2N2O3/c1-29-20-12-7-17(15-21(20)30-23(24)25)22(28)27-19-10-8-18(9-11-19)26-14-13-16-5-3-2-4-6-16/h2-12,15,23,26H,13-14H2,1H3,(H,27,28). The zero-order valence-electron chi connectivity index (χ0n) is 16.4. The Bertz CT molecular complexity index is 964. The summed E-state index contributed by atoms with van der Waals surface area (Å²) in [7, 11) is 1.34. The first-order valence-electron chi connectivity index (χ1n) is 9.37. The van der Waals surface area contributed by atoms with E-state index in [1.165, 1.54) is 30.9 Å². The fourth-order valence-electron chi connectivity index (χ4n) is 2.88. The van der Waals surface area contributed by atoms with Crippen molar-refractivity contribution in [1.82, 2.24) is 0 Å². The summed E-state index contributed by atoms with van der Waals surface area (Å²) < 4.78 is 34.5. The summed E-state index contributed by atoms with van der Waals surface area (Å²) in [6.07, 6.45) is 0.903. The number of carbonyl (C=O) groups is 1. The number of alkyl halides is 2. The van der Waals surface area contributed by atoms with Crippen LogP contribution in [-0.4, -0.2) is 26.2 Å². The summed E-state index contributed by atoms with van der Waals surface area (Å²) in [6, 6.07) is 21.5. The molecule has 30 heavy (non-hydrogen) atoms. The molecule has 0 aliphatic carbocycles. The van der Waals surface area contributed by atoms with Gasteiger partial charge in [-0.05, 0) is 54.4 Å². The molecule has 1 amide bonds. The Kier molecular flexibility index (Phi) is 7.21. The van der Waals surface area contributed by atoms with E-state index in [9.17, 15) is 13.6 Å². The van der Waals surface area contributed by atoms with Crippen LogP contribution in [-0.2, 0) is 6.42 Å². The van der Waals surface area contributed by atoms with Crippen molar-refractivity contribution in [3.63, 3.8) is 0 Å². The molecular formula is C23H22F2N2O3. The molecule has 0 saturated heterocycles. The molecule has 0 spiro atoms. The molecule has 0 atom stereocenters. The number of hydrogen-bond donors (Lipinski definition) is 2. The van der Waals surface area contributed by atoms with E-state index in [0.29, 0.717) is 5.69 Å². The normalized spacial score (nSPS) is 10.5.